The van der Waals surface area contributed by atoms with Gasteiger partial charge in [0.15, 0.2) is 0 Å². The first-order valence-electron chi connectivity index (χ1n) is 4.37. The van der Waals surface area contributed by atoms with Crippen LogP contribution in [0.5, 0.6) is 0 Å². The fraction of sp³-hybridized carbons (Fsp3) is 1.00. The van der Waals surface area contributed by atoms with Crippen LogP contribution in [0.3, 0.4) is 0 Å². The molecule has 2 heterocycles. The lowest BCUT2D eigenvalue weighted by Crippen LogP contribution is -2.53. The molecule has 2 aliphatic heterocycles. The molecule has 0 aromatic rings. The second kappa shape index (κ2) is 2.92. The normalized spacial score (nSPS) is 31.5. The predicted molar refractivity (Wildman–Crippen MR) is 40.4 cm³/mol. The molecule has 12 heavy (non-hydrogen) atoms. The standard InChI is InChI=1S/C8H13F2NO/c9-8(10)1-3-11(4-2-8)7-5-12-6-7/h7H,1-6H2. The Morgan fingerprint density at radius 2 is 1.75 bits per heavy atom. The summed E-state index contributed by atoms with van der Waals surface area (Å²) < 4.78 is 30.4. The van der Waals surface area contributed by atoms with Crippen molar-refractivity contribution in [2.45, 2.75) is 24.8 Å². The van der Waals surface area contributed by atoms with Crippen LogP contribution in [0, 0.1) is 0 Å². The molecule has 0 aliphatic carbocycles. The Morgan fingerprint density at radius 1 is 1.17 bits per heavy atom. The molecular weight excluding hydrogens is 164 g/mol. The van der Waals surface area contributed by atoms with E-state index in [-0.39, 0.29) is 12.8 Å². The minimum absolute atomic E-state index is 0.0174. The van der Waals surface area contributed by atoms with Gasteiger partial charge in [0, 0.05) is 25.9 Å². The molecule has 0 bridgehead atoms. The zero-order chi connectivity index (χ0) is 8.60. The Balaban J connectivity index is 1.81. The summed E-state index contributed by atoms with van der Waals surface area (Å²) in [5.74, 6) is -2.42. The van der Waals surface area contributed by atoms with Crippen LogP contribution >= 0.6 is 0 Å². The Bertz CT molecular complexity index is 160. The molecule has 0 aromatic carbocycles. The van der Waals surface area contributed by atoms with Gasteiger partial charge in [0.05, 0.1) is 19.3 Å². The summed E-state index contributed by atoms with van der Waals surface area (Å²) in [6, 6.07) is 0.418. The van der Waals surface area contributed by atoms with E-state index in [1.54, 1.807) is 0 Å². The van der Waals surface area contributed by atoms with Crippen molar-refractivity contribution in [3.63, 3.8) is 0 Å². The molecule has 0 amide bonds. The van der Waals surface area contributed by atoms with E-state index in [4.69, 9.17) is 4.74 Å². The zero-order valence-electron chi connectivity index (χ0n) is 6.93. The minimum atomic E-state index is -2.42. The number of hydrogen-bond donors (Lipinski definition) is 0. The lowest BCUT2D eigenvalue weighted by Gasteiger charge is -2.41. The third kappa shape index (κ3) is 1.59. The van der Waals surface area contributed by atoms with Crippen molar-refractivity contribution in [3.8, 4) is 0 Å². The maximum atomic E-state index is 12.7. The summed E-state index contributed by atoms with van der Waals surface area (Å²) in [7, 11) is 0. The highest BCUT2D eigenvalue weighted by atomic mass is 19.3. The zero-order valence-corrected chi connectivity index (χ0v) is 6.93. The van der Waals surface area contributed by atoms with Gasteiger partial charge in [-0.25, -0.2) is 8.78 Å². The number of hydrogen-bond acceptors (Lipinski definition) is 2. The SMILES string of the molecule is FC1(F)CCN(C2COC2)CC1. The van der Waals surface area contributed by atoms with Crippen LogP contribution in [-0.4, -0.2) is 43.2 Å². The van der Waals surface area contributed by atoms with Gasteiger partial charge in [0.1, 0.15) is 0 Å². The molecule has 70 valence electrons. The van der Waals surface area contributed by atoms with Gasteiger partial charge >= 0.3 is 0 Å². The van der Waals surface area contributed by atoms with Crippen molar-refractivity contribution in [1.82, 2.24) is 4.90 Å². The molecule has 0 unspecified atom stereocenters. The smallest absolute Gasteiger partial charge is 0.250 e. The molecule has 2 aliphatic rings. The lowest BCUT2D eigenvalue weighted by atomic mass is 10.0. The average molecular weight is 177 g/mol. The maximum absolute atomic E-state index is 12.7. The van der Waals surface area contributed by atoms with Gasteiger partial charge < -0.3 is 4.74 Å². The van der Waals surface area contributed by atoms with Gasteiger partial charge in [-0.05, 0) is 0 Å². The van der Waals surface area contributed by atoms with Crippen molar-refractivity contribution >= 4 is 0 Å². The van der Waals surface area contributed by atoms with Gasteiger partial charge in [0.2, 0.25) is 0 Å². The molecule has 0 aromatic heterocycles. The number of likely N-dealkylation sites (tertiary alicyclic amines) is 1. The number of piperidine rings is 1. The molecule has 0 atom stereocenters. The van der Waals surface area contributed by atoms with E-state index >= 15 is 0 Å². The fourth-order valence-corrected chi connectivity index (χ4v) is 1.65. The van der Waals surface area contributed by atoms with Crippen LogP contribution in [0.15, 0.2) is 0 Å². The molecular formula is C8H13F2NO. The first-order valence-corrected chi connectivity index (χ1v) is 4.37. The van der Waals surface area contributed by atoms with E-state index in [1.165, 1.54) is 0 Å². The van der Waals surface area contributed by atoms with Crippen LogP contribution < -0.4 is 0 Å². The van der Waals surface area contributed by atoms with Crippen molar-refractivity contribution in [1.29, 1.82) is 0 Å². The summed E-state index contributed by atoms with van der Waals surface area (Å²) in [4.78, 5) is 2.11. The van der Waals surface area contributed by atoms with Gasteiger partial charge in [0.25, 0.3) is 5.92 Å². The second-order valence-electron chi connectivity index (χ2n) is 3.58. The highest BCUT2D eigenvalue weighted by Crippen LogP contribution is 2.29. The molecule has 0 saturated carbocycles. The Kier molecular flexibility index (Phi) is 2.04. The highest BCUT2D eigenvalue weighted by Gasteiger charge is 2.37. The van der Waals surface area contributed by atoms with E-state index in [9.17, 15) is 8.78 Å². The quantitative estimate of drug-likeness (QED) is 0.595. The second-order valence-corrected chi connectivity index (χ2v) is 3.58. The predicted octanol–water partition coefficient (Wildman–Crippen LogP) is 1.12. The summed E-state index contributed by atoms with van der Waals surface area (Å²) in [5, 5.41) is 0. The maximum Gasteiger partial charge on any atom is 0.250 e. The van der Waals surface area contributed by atoms with E-state index < -0.39 is 5.92 Å². The van der Waals surface area contributed by atoms with Crippen molar-refractivity contribution in [2.24, 2.45) is 0 Å². The molecule has 2 nitrogen and oxygen atoms in total. The number of rotatable bonds is 1. The Morgan fingerprint density at radius 3 is 2.17 bits per heavy atom. The Labute approximate surface area is 70.5 Å². The van der Waals surface area contributed by atoms with E-state index in [0.717, 1.165) is 13.2 Å². The van der Waals surface area contributed by atoms with Crippen LogP contribution in [0.2, 0.25) is 0 Å². The number of ether oxygens (including phenoxy) is 1. The molecule has 2 rings (SSSR count). The van der Waals surface area contributed by atoms with Crippen LogP contribution in [-0.2, 0) is 4.74 Å². The highest BCUT2D eigenvalue weighted by molar-refractivity contribution is 4.84. The van der Waals surface area contributed by atoms with Crippen LogP contribution in [0.1, 0.15) is 12.8 Å². The van der Waals surface area contributed by atoms with Crippen molar-refractivity contribution in [3.05, 3.63) is 0 Å². The molecule has 2 saturated heterocycles. The molecule has 0 spiro atoms. The van der Waals surface area contributed by atoms with Gasteiger partial charge in [-0.2, -0.15) is 0 Å². The summed E-state index contributed by atoms with van der Waals surface area (Å²) in [5.41, 5.74) is 0. The molecule has 4 heteroatoms. The average Bonchev–Trinajstić information content (AvgIpc) is 1.89. The lowest BCUT2D eigenvalue weighted by molar-refractivity contribution is -0.112. The minimum Gasteiger partial charge on any atom is -0.378 e. The van der Waals surface area contributed by atoms with Crippen molar-refractivity contribution < 1.29 is 13.5 Å². The third-order valence-corrected chi connectivity index (χ3v) is 2.67. The van der Waals surface area contributed by atoms with E-state index in [0.29, 0.717) is 19.1 Å². The van der Waals surface area contributed by atoms with E-state index in [1.807, 2.05) is 0 Å². The van der Waals surface area contributed by atoms with Gasteiger partial charge in [-0.15, -0.1) is 0 Å². The first-order chi connectivity index (χ1) is 5.67. The third-order valence-electron chi connectivity index (χ3n) is 2.67. The number of alkyl halides is 2. The van der Waals surface area contributed by atoms with Crippen LogP contribution in [0.4, 0.5) is 8.78 Å². The molecule has 0 radical (unpaired) electrons. The van der Waals surface area contributed by atoms with Crippen LogP contribution in [0.25, 0.3) is 0 Å². The number of halogens is 2. The van der Waals surface area contributed by atoms with Gasteiger partial charge in [-0.3, -0.25) is 4.90 Å². The monoisotopic (exact) mass is 177 g/mol. The summed E-state index contributed by atoms with van der Waals surface area (Å²) in [6.45, 7) is 2.51. The number of nitrogens with zero attached hydrogens (tertiary/aromatic N) is 1. The first kappa shape index (κ1) is 8.38. The van der Waals surface area contributed by atoms with Crippen molar-refractivity contribution in [2.75, 3.05) is 26.3 Å². The van der Waals surface area contributed by atoms with E-state index in [2.05, 4.69) is 4.90 Å². The fourth-order valence-electron chi connectivity index (χ4n) is 1.65. The molecule has 0 N–H and O–H groups in total. The summed E-state index contributed by atoms with van der Waals surface area (Å²) >= 11 is 0. The van der Waals surface area contributed by atoms with Gasteiger partial charge in [-0.1, -0.05) is 0 Å². The topological polar surface area (TPSA) is 12.5 Å². The largest absolute Gasteiger partial charge is 0.378 e. The molecule has 2 fully saturated rings. The summed E-state index contributed by atoms with van der Waals surface area (Å²) in [6.07, 6.45) is 0.0347. The Hall–Kier alpha value is -0.220.